The number of methoxy groups -OCH3 is 1. The van der Waals surface area contributed by atoms with Crippen LogP contribution in [0.15, 0.2) is 47.8 Å². The molecule has 2 aromatic rings. The van der Waals surface area contributed by atoms with Crippen molar-refractivity contribution in [1.29, 1.82) is 0 Å². The highest BCUT2D eigenvalue weighted by molar-refractivity contribution is 6.51. The van der Waals surface area contributed by atoms with Crippen LogP contribution in [-0.2, 0) is 4.79 Å². The minimum absolute atomic E-state index is 0.0591. The van der Waals surface area contributed by atoms with E-state index in [2.05, 4.69) is 10.1 Å². The lowest BCUT2D eigenvalue weighted by Crippen LogP contribution is -2.18. The number of ketones is 1. The van der Waals surface area contributed by atoms with Gasteiger partial charge in [0.05, 0.1) is 7.11 Å². The smallest absolute Gasteiger partial charge is 0.308 e. The average Bonchev–Trinajstić information content (AvgIpc) is 2.56. The standard InChI is InChI=1S/C16H15N3O4/c1-10(20)23-13-4-3-12(9-14(13)22-2)15(19-17)16(21)11-5-7-18-8-6-11/h3-9H,17H2,1-2H3/b19-15+. The molecular weight excluding hydrogens is 298 g/mol. The second kappa shape index (κ2) is 7.17. The van der Waals surface area contributed by atoms with E-state index in [-0.39, 0.29) is 17.2 Å². The molecule has 1 heterocycles. The van der Waals surface area contributed by atoms with Crippen LogP contribution in [0.4, 0.5) is 0 Å². The maximum atomic E-state index is 12.5. The number of esters is 1. The summed E-state index contributed by atoms with van der Waals surface area (Å²) in [5.41, 5.74) is 0.915. The molecule has 0 radical (unpaired) electrons. The molecule has 2 rings (SSSR count). The molecule has 23 heavy (non-hydrogen) atoms. The Morgan fingerprint density at radius 3 is 2.35 bits per heavy atom. The first-order valence-corrected chi connectivity index (χ1v) is 6.66. The molecule has 0 atom stereocenters. The Morgan fingerprint density at radius 2 is 1.78 bits per heavy atom. The molecular formula is C16H15N3O4. The number of rotatable bonds is 5. The first-order valence-electron chi connectivity index (χ1n) is 6.66. The Balaban J connectivity index is 2.39. The van der Waals surface area contributed by atoms with E-state index in [9.17, 15) is 9.59 Å². The normalized spacial score (nSPS) is 11.0. The largest absolute Gasteiger partial charge is 0.493 e. The van der Waals surface area contributed by atoms with Gasteiger partial charge in [0.15, 0.2) is 11.5 Å². The topological polar surface area (TPSA) is 104 Å². The fraction of sp³-hybridized carbons (Fsp3) is 0.125. The highest BCUT2D eigenvalue weighted by Crippen LogP contribution is 2.28. The van der Waals surface area contributed by atoms with Gasteiger partial charge in [-0.3, -0.25) is 14.6 Å². The minimum atomic E-state index is -0.475. The number of hydrogen-bond acceptors (Lipinski definition) is 7. The lowest BCUT2D eigenvalue weighted by atomic mass is 10.0. The van der Waals surface area contributed by atoms with Gasteiger partial charge in [0.1, 0.15) is 5.71 Å². The average molecular weight is 313 g/mol. The molecule has 0 saturated heterocycles. The van der Waals surface area contributed by atoms with Crippen molar-refractivity contribution in [3.8, 4) is 11.5 Å². The number of Topliss-reactive ketones (excluding diaryl/α,β-unsaturated/α-hetero) is 1. The molecule has 0 aliphatic heterocycles. The molecule has 118 valence electrons. The van der Waals surface area contributed by atoms with Gasteiger partial charge in [-0.1, -0.05) is 0 Å². The fourth-order valence-corrected chi connectivity index (χ4v) is 1.96. The third-order valence-electron chi connectivity index (χ3n) is 2.98. The monoisotopic (exact) mass is 313 g/mol. The first-order chi connectivity index (χ1) is 11.1. The van der Waals surface area contributed by atoms with Gasteiger partial charge in [-0.15, -0.1) is 0 Å². The lowest BCUT2D eigenvalue weighted by molar-refractivity contribution is -0.132. The van der Waals surface area contributed by atoms with Gasteiger partial charge in [0.2, 0.25) is 5.78 Å². The predicted octanol–water partition coefficient (Wildman–Crippen LogP) is 1.56. The van der Waals surface area contributed by atoms with Crippen LogP contribution in [0.3, 0.4) is 0 Å². The van der Waals surface area contributed by atoms with Crippen LogP contribution in [0, 0.1) is 0 Å². The number of benzene rings is 1. The Hall–Kier alpha value is -3.22. The molecule has 1 aromatic heterocycles. The molecule has 0 unspecified atom stereocenters. The molecule has 0 fully saturated rings. The zero-order valence-electron chi connectivity index (χ0n) is 12.6. The summed E-state index contributed by atoms with van der Waals surface area (Å²) in [5.74, 6) is 5.09. The molecule has 0 bridgehead atoms. The zero-order valence-corrected chi connectivity index (χ0v) is 12.6. The highest BCUT2D eigenvalue weighted by Gasteiger charge is 2.18. The maximum absolute atomic E-state index is 12.5. The van der Waals surface area contributed by atoms with Crippen LogP contribution < -0.4 is 15.3 Å². The molecule has 7 nitrogen and oxygen atoms in total. The molecule has 0 saturated carbocycles. The third kappa shape index (κ3) is 3.70. The summed E-state index contributed by atoms with van der Waals surface area (Å²) in [5, 5.41) is 3.58. The predicted molar refractivity (Wildman–Crippen MR) is 83.6 cm³/mol. The van der Waals surface area contributed by atoms with E-state index in [1.54, 1.807) is 18.2 Å². The van der Waals surface area contributed by atoms with Gasteiger partial charge in [-0.2, -0.15) is 5.10 Å². The number of carbonyl (C=O) groups excluding carboxylic acids is 2. The van der Waals surface area contributed by atoms with E-state index in [1.165, 1.54) is 38.6 Å². The molecule has 0 amide bonds. The van der Waals surface area contributed by atoms with E-state index < -0.39 is 5.97 Å². The van der Waals surface area contributed by atoms with Gasteiger partial charge in [0.25, 0.3) is 0 Å². The summed E-state index contributed by atoms with van der Waals surface area (Å²) in [4.78, 5) is 27.4. The van der Waals surface area contributed by atoms with Crippen molar-refractivity contribution in [2.24, 2.45) is 10.9 Å². The van der Waals surface area contributed by atoms with E-state index in [1.807, 2.05) is 0 Å². The van der Waals surface area contributed by atoms with Crippen LogP contribution in [0.25, 0.3) is 0 Å². The summed E-state index contributed by atoms with van der Waals surface area (Å²) in [6.07, 6.45) is 3.01. The van der Waals surface area contributed by atoms with Crippen molar-refractivity contribution in [1.82, 2.24) is 4.98 Å². The van der Waals surface area contributed by atoms with E-state index in [0.29, 0.717) is 16.9 Å². The second-order valence-corrected chi connectivity index (χ2v) is 4.50. The summed E-state index contributed by atoms with van der Waals surface area (Å²) in [7, 11) is 1.43. The Bertz CT molecular complexity index is 757. The van der Waals surface area contributed by atoms with Gasteiger partial charge < -0.3 is 15.3 Å². The SMILES string of the molecule is COc1cc(/C(=N\N)C(=O)c2ccncc2)ccc1OC(C)=O. The quantitative estimate of drug-likeness (QED) is 0.224. The summed E-state index contributed by atoms with van der Waals surface area (Å²) in [6, 6.07) is 7.76. The second-order valence-electron chi connectivity index (χ2n) is 4.50. The molecule has 2 N–H and O–H groups in total. The highest BCUT2D eigenvalue weighted by atomic mass is 16.6. The van der Waals surface area contributed by atoms with Gasteiger partial charge in [-0.25, -0.2) is 0 Å². The van der Waals surface area contributed by atoms with E-state index >= 15 is 0 Å². The van der Waals surface area contributed by atoms with Crippen molar-refractivity contribution >= 4 is 17.5 Å². The zero-order chi connectivity index (χ0) is 16.8. The van der Waals surface area contributed by atoms with Crippen LogP contribution in [0.2, 0.25) is 0 Å². The van der Waals surface area contributed by atoms with Crippen LogP contribution in [0.1, 0.15) is 22.8 Å². The van der Waals surface area contributed by atoms with Crippen molar-refractivity contribution in [2.45, 2.75) is 6.92 Å². The number of aromatic nitrogens is 1. The number of nitrogens with zero attached hydrogens (tertiary/aromatic N) is 2. The molecule has 0 spiro atoms. The number of carbonyl (C=O) groups is 2. The van der Waals surface area contributed by atoms with Crippen LogP contribution in [-0.4, -0.2) is 29.6 Å². The Kier molecular flexibility index (Phi) is 5.03. The fourth-order valence-electron chi connectivity index (χ4n) is 1.96. The third-order valence-corrected chi connectivity index (χ3v) is 2.98. The van der Waals surface area contributed by atoms with Gasteiger partial charge in [-0.05, 0) is 30.3 Å². The molecule has 0 aliphatic carbocycles. The number of hydrazone groups is 1. The summed E-state index contributed by atoms with van der Waals surface area (Å²) < 4.78 is 10.2. The number of ether oxygens (including phenoxy) is 2. The van der Waals surface area contributed by atoms with Gasteiger partial charge >= 0.3 is 5.97 Å². The number of pyridine rings is 1. The minimum Gasteiger partial charge on any atom is -0.493 e. The molecule has 1 aromatic carbocycles. The Morgan fingerprint density at radius 1 is 1.09 bits per heavy atom. The Labute approximate surface area is 132 Å². The maximum Gasteiger partial charge on any atom is 0.308 e. The van der Waals surface area contributed by atoms with Gasteiger partial charge in [0, 0.05) is 30.4 Å². The van der Waals surface area contributed by atoms with Crippen molar-refractivity contribution in [2.75, 3.05) is 7.11 Å². The molecule has 7 heteroatoms. The van der Waals surface area contributed by atoms with E-state index in [4.69, 9.17) is 15.3 Å². The van der Waals surface area contributed by atoms with Crippen molar-refractivity contribution in [3.63, 3.8) is 0 Å². The summed E-state index contributed by atoms with van der Waals surface area (Å²) in [6.45, 7) is 1.28. The van der Waals surface area contributed by atoms with Crippen molar-refractivity contribution in [3.05, 3.63) is 53.9 Å². The molecule has 0 aliphatic rings. The van der Waals surface area contributed by atoms with Crippen LogP contribution in [0.5, 0.6) is 11.5 Å². The summed E-state index contributed by atoms with van der Waals surface area (Å²) >= 11 is 0. The van der Waals surface area contributed by atoms with Crippen LogP contribution >= 0.6 is 0 Å². The first kappa shape index (κ1) is 16.2. The number of hydrogen-bond donors (Lipinski definition) is 1. The number of nitrogens with two attached hydrogens (primary N) is 1. The lowest BCUT2D eigenvalue weighted by Gasteiger charge is -2.11. The van der Waals surface area contributed by atoms with E-state index in [0.717, 1.165) is 0 Å². The van der Waals surface area contributed by atoms with Crippen molar-refractivity contribution < 1.29 is 19.1 Å².